The number of aromatic nitrogens is 2. The van der Waals surface area contributed by atoms with Crippen LogP contribution in [0.25, 0.3) is 0 Å². The molecule has 0 fully saturated rings. The smallest absolute Gasteiger partial charge is 0.251 e. The summed E-state index contributed by atoms with van der Waals surface area (Å²) >= 11 is 0. The molecule has 0 spiro atoms. The lowest BCUT2D eigenvalue weighted by atomic mass is 10.4. The standard InChI is InChI=1S/C44H36N2O2P2S2.2ClHO4/c1-33-45-41(49(35-21-9-3-10-22-35,36-23-11-4-12-24-36)37-25-13-5-14-26-37)43(47-33)51-52-44-42(46-34(2)48-44)50(38-27-15-6-16-28-38,39-29-17-7-18-30-39)40-31-19-8-20-32-40;2*2-1(3,4)5/h3-32H,1-2H3;2*(H,2,3,4,5)/q+2;;/p-2. The maximum atomic E-state index is 8.49. The fourth-order valence-electron chi connectivity index (χ4n) is 6.94. The molecular weight excluding hydrogens is 913 g/mol. The second-order valence-corrected chi connectivity index (χ2v) is 23.2. The van der Waals surface area contributed by atoms with Crippen LogP contribution < -0.4 is 80.0 Å². The quantitative estimate of drug-likeness (QED) is 0.110. The summed E-state index contributed by atoms with van der Waals surface area (Å²) in [6.07, 6.45) is 0. The zero-order valence-electron chi connectivity index (χ0n) is 32.8. The number of nitrogens with zero attached hydrogens (tertiary/aromatic N) is 2. The first kappa shape index (κ1) is 47.0. The second-order valence-electron chi connectivity index (χ2n) is 13.0. The third-order valence-electron chi connectivity index (χ3n) is 9.06. The molecule has 8 aromatic rings. The van der Waals surface area contributed by atoms with E-state index in [1.807, 2.05) is 13.8 Å². The topological polar surface area (TPSA) is 237 Å². The number of aryl methyl sites for hydroxylation is 2. The molecule has 12 nitrogen and oxygen atoms in total. The zero-order chi connectivity index (χ0) is 44.4. The molecule has 0 aliphatic carbocycles. The number of oxazole rings is 2. The third-order valence-corrected chi connectivity index (χ3v) is 19.8. The number of hydrogen-bond acceptors (Lipinski definition) is 14. The fourth-order valence-corrected chi connectivity index (χ4v) is 18.4. The van der Waals surface area contributed by atoms with Gasteiger partial charge >= 0.3 is 0 Å². The Morgan fingerprint density at radius 3 is 0.710 bits per heavy atom. The van der Waals surface area contributed by atoms with E-state index in [1.54, 1.807) is 21.6 Å². The van der Waals surface area contributed by atoms with Crippen LogP contribution in [-0.2, 0) is 0 Å². The van der Waals surface area contributed by atoms with E-state index in [0.717, 1.165) is 21.1 Å². The van der Waals surface area contributed by atoms with Gasteiger partial charge in [0.05, 0.1) is 0 Å². The van der Waals surface area contributed by atoms with Crippen molar-refractivity contribution in [3.05, 3.63) is 194 Å². The van der Waals surface area contributed by atoms with Gasteiger partial charge in [0.25, 0.3) is 10.9 Å². The second kappa shape index (κ2) is 20.8. The van der Waals surface area contributed by atoms with Crippen molar-refractivity contribution in [3.8, 4) is 0 Å². The average molecular weight is 950 g/mol. The van der Waals surface area contributed by atoms with E-state index in [4.69, 9.17) is 56.1 Å². The first-order valence-electron chi connectivity index (χ1n) is 18.3. The highest BCUT2D eigenvalue weighted by atomic mass is 35.7. The largest absolute Gasteiger partial charge is 0.429 e. The van der Waals surface area contributed by atoms with Crippen LogP contribution in [0.3, 0.4) is 0 Å². The Morgan fingerprint density at radius 2 is 0.532 bits per heavy atom. The molecule has 6 aromatic carbocycles. The van der Waals surface area contributed by atoms with Gasteiger partial charge in [-0.15, -0.1) is 20.5 Å². The van der Waals surface area contributed by atoms with E-state index >= 15 is 0 Å². The molecule has 2 heterocycles. The summed E-state index contributed by atoms with van der Waals surface area (Å²) in [5.74, 6) is 1.25. The molecule has 8 rings (SSSR count). The van der Waals surface area contributed by atoms with Gasteiger partial charge in [-0.25, -0.2) is 37.3 Å². The van der Waals surface area contributed by atoms with Crippen LogP contribution in [0.2, 0.25) is 0 Å². The van der Waals surface area contributed by atoms with Crippen molar-refractivity contribution in [1.29, 1.82) is 0 Å². The molecule has 0 aliphatic rings. The van der Waals surface area contributed by atoms with Crippen molar-refractivity contribution in [3.63, 3.8) is 0 Å². The van der Waals surface area contributed by atoms with Gasteiger partial charge in [0.15, 0.2) is 26.3 Å². The summed E-state index contributed by atoms with van der Waals surface area (Å²) in [7, 11) is -11.8. The number of hydrogen-bond donors (Lipinski definition) is 0. The van der Waals surface area contributed by atoms with E-state index in [2.05, 4.69) is 182 Å². The van der Waals surface area contributed by atoms with E-state index in [-0.39, 0.29) is 0 Å². The summed E-state index contributed by atoms with van der Waals surface area (Å²) in [6.45, 7) is 3.88. The Hall–Kier alpha value is -4.44. The molecule has 18 heteroatoms. The molecule has 318 valence electrons. The SMILES string of the molecule is Cc1nc([P+](c2ccccc2)(c2ccccc2)c2ccccc2)c(SSc2oc(C)nc2[P+](c2ccccc2)(c2ccccc2)c2ccccc2)o1.[O-][Cl+3]([O-])([O-])[O-].[O-][Cl+3]([O-])([O-])[O-]. The van der Waals surface area contributed by atoms with Crippen LogP contribution in [0.4, 0.5) is 0 Å². The molecular formula is C44H36Cl2N2O10P2S2. The molecule has 0 bridgehead atoms. The first-order valence-corrected chi connectivity index (χ1v) is 26.5. The van der Waals surface area contributed by atoms with Gasteiger partial charge in [-0.2, -0.15) is 9.97 Å². The first-order chi connectivity index (χ1) is 29.6. The van der Waals surface area contributed by atoms with Gasteiger partial charge in [-0.05, 0) is 94.4 Å². The Labute approximate surface area is 371 Å². The van der Waals surface area contributed by atoms with Crippen molar-refractivity contribution in [1.82, 2.24) is 9.97 Å². The van der Waals surface area contributed by atoms with E-state index in [1.165, 1.54) is 31.8 Å². The fraction of sp³-hybridized carbons (Fsp3) is 0.0455. The Bertz CT molecular complexity index is 2220. The molecule has 0 aliphatic heterocycles. The number of rotatable bonds is 11. The molecule has 0 N–H and O–H groups in total. The van der Waals surface area contributed by atoms with Gasteiger partial charge < -0.3 is 8.83 Å². The Kier molecular flexibility index (Phi) is 15.8. The molecule has 0 saturated carbocycles. The van der Waals surface area contributed by atoms with Gasteiger partial charge in [-0.3, -0.25) is 0 Å². The van der Waals surface area contributed by atoms with Crippen molar-refractivity contribution < 1.29 is 66.6 Å². The summed E-state index contributed by atoms with van der Waals surface area (Å²) in [5, 5.41) is 8.80. The van der Waals surface area contributed by atoms with Crippen LogP contribution in [-0.4, -0.2) is 9.97 Å². The summed E-state index contributed by atoms with van der Waals surface area (Å²) < 4.78 is 81.1. The molecule has 2 aromatic heterocycles. The predicted octanol–water partition coefficient (Wildman–Crippen LogP) is -1.19. The minimum absolute atomic E-state index is 0.624. The lowest BCUT2D eigenvalue weighted by Crippen LogP contribution is -2.68. The monoisotopic (exact) mass is 948 g/mol. The van der Waals surface area contributed by atoms with Gasteiger partial charge in [0.2, 0.25) is 10.2 Å². The molecule has 62 heavy (non-hydrogen) atoms. The van der Waals surface area contributed by atoms with Crippen LogP contribution in [0.15, 0.2) is 201 Å². The highest BCUT2D eigenvalue weighted by Crippen LogP contribution is 2.59. The predicted molar refractivity (Wildman–Crippen MR) is 224 cm³/mol. The summed E-state index contributed by atoms with van der Waals surface area (Å²) in [4.78, 5) is 10.5. The Balaban J connectivity index is 0.000000578. The van der Waals surface area contributed by atoms with Gasteiger partial charge in [0.1, 0.15) is 31.8 Å². The molecule has 0 amide bonds. The van der Waals surface area contributed by atoms with E-state index < -0.39 is 35.0 Å². The van der Waals surface area contributed by atoms with Crippen molar-refractivity contribution in [2.45, 2.75) is 24.0 Å². The van der Waals surface area contributed by atoms with Gasteiger partial charge in [0, 0.05) is 13.8 Å². The minimum Gasteiger partial charge on any atom is -0.429 e. The van der Waals surface area contributed by atoms with E-state index in [0.29, 0.717) is 11.8 Å². The molecule has 0 atom stereocenters. The van der Waals surface area contributed by atoms with Crippen LogP contribution >= 0.6 is 36.1 Å². The maximum absolute atomic E-state index is 8.49. The zero-order valence-corrected chi connectivity index (χ0v) is 37.7. The Morgan fingerprint density at radius 1 is 0.355 bits per heavy atom. The van der Waals surface area contributed by atoms with Crippen LogP contribution in [0.1, 0.15) is 11.8 Å². The van der Waals surface area contributed by atoms with E-state index in [9.17, 15) is 0 Å². The molecule has 0 saturated heterocycles. The summed E-state index contributed by atoms with van der Waals surface area (Å²) in [5.41, 5.74) is 1.89. The lowest BCUT2D eigenvalue weighted by molar-refractivity contribution is -2.00. The van der Waals surface area contributed by atoms with Crippen molar-refractivity contribution in [2.24, 2.45) is 0 Å². The highest BCUT2D eigenvalue weighted by molar-refractivity contribution is 8.76. The van der Waals surface area contributed by atoms with Crippen LogP contribution in [0, 0.1) is 34.3 Å². The van der Waals surface area contributed by atoms with Gasteiger partial charge in [-0.1, -0.05) is 109 Å². The average Bonchev–Trinajstić information content (AvgIpc) is 3.83. The maximum Gasteiger partial charge on any atom is 0.251 e. The number of benzene rings is 6. The normalized spacial score (nSPS) is 11.8. The van der Waals surface area contributed by atoms with Crippen molar-refractivity contribution >= 4 is 78.8 Å². The lowest BCUT2D eigenvalue weighted by Gasteiger charge is -2.26. The highest BCUT2D eigenvalue weighted by Gasteiger charge is 2.55. The summed E-state index contributed by atoms with van der Waals surface area (Å²) in [6, 6.07) is 64.6. The number of halogens is 2. The molecule has 0 radical (unpaired) electrons. The molecule has 0 unspecified atom stereocenters. The van der Waals surface area contributed by atoms with Crippen LogP contribution in [0.5, 0.6) is 0 Å². The van der Waals surface area contributed by atoms with Crippen molar-refractivity contribution in [2.75, 3.05) is 0 Å². The minimum atomic E-state index is -4.94. The third kappa shape index (κ3) is 11.4.